The summed E-state index contributed by atoms with van der Waals surface area (Å²) in [5.74, 6) is 1.98. The summed E-state index contributed by atoms with van der Waals surface area (Å²) in [4.78, 5) is 2.29. The topological polar surface area (TPSA) is 34.0 Å². The fraction of sp³-hybridized carbons (Fsp3) is 0.385. The van der Waals surface area contributed by atoms with Crippen LogP contribution in [0.15, 0.2) is 18.2 Å². The molecule has 0 aliphatic carbocycles. The maximum Gasteiger partial charge on any atom is 0.147 e. The quantitative estimate of drug-likeness (QED) is 0.854. The molecule has 0 N–H and O–H groups in total. The van der Waals surface area contributed by atoms with E-state index in [4.69, 9.17) is 23.2 Å². The maximum absolute atomic E-state index is 6.21. The molecule has 0 unspecified atom stereocenters. The van der Waals surface area contributed by atoms with Gasteiger partial charge in [0.1, 0.15) is 11.6 Å². The molecule has 1 aromatic carbocycles. The molecule has 6 heteroatoms. The number of rotatable bonds is 2. The average Bonchev–Trinajstić information content (AvgIpc) is 2.76. The van der Waals surface area contributed by atoms with Gasteiger partial charge in [-0.25, -0.2) is 0 Å². The molecule has 0 radical (unpaired) electrons. The van der Waals surface area contributed by atoms with E-state index in [0.717, 1.165) is 53.4 Å². The smallest absolute Gasteiger partial charge is 0.147 e. The van der Waals surface area contributed by atoms with Gasteiger partial charge in [0.15, 0.2) is 0 Å². The van der Waals surface area contributed by atoms with E-state index in [9.17, 15) is 0 Å². The Kier molecular flexibility index (Phi) is 3.48. The van der Waals surface area contributed by atoms with E-state index in [1.54, 1.807) is 0 Å². The van der Waals surface area contributed by atoms with Crippen LogP contribution in [0.3, 0.4) is 0 Å². The van der Waals surface area contributed by atoms with Crippen molar-refractivity contribution in [2.45, 2.75) is 26.6 Å². The van der Waals surface area contributed by atoms with Crippen molar-refractivity contribution in [3.63, 3.8) is 0 Å². The minimum Gasteiger partial charge on any atom is -0.313 e. The number of hydrogen-bond donors (Lipinski definition) is 0. The zero-order valence-electron chi connectivity index (χ0n) is 10.6. The molecular weight excluding hydrogens is 283 g/mol. The molecule has 0 saturated carbocycles. The first-order valence-electron chi connectivity index (χ1n) is 6.19. The molecule has 0 spiro atoms. The molecule has 100 valence electrons. The highest BCUT2D eigenvalue weighted by atomic mass is 35.5. The Hall–Kier alpha value is -1.10. The second-order valence-electron chi connectivity index (χ2n) is 4.73. The SMILES string of the molecule is Cc1nnc2n1CCN(Cc1c(Cl)cccc1Cl)C2. The van der Waals surface area contributed by atoms with Gasteiger partial charge in [-0.1, -0.05) is 29.3 Å². The van der Waals surface area contributed by atoms with Crippen LogP contribution in [-0.2, 0) is 19.6 Å². The zero-order chi connectivity index (χ0) is 13.4. The first-order chi connectivity index (χ1) is 9.15. The van der Waals surface area contributed by atoms with Crippen molar-refractivity contribution in [2.75, 3.05) is 6.54 Å². The van der Waals surface area contributed by atoms with Crippen LogP contribution in [0.25, 0.3) is 0 Å². The fourth-order valence-corrected chi connectivity index (χ4v) is 2.91. The Labute approximate surface area is 122 Å². The predicted octanol–water partition coefficient (Wildman–Crippen LogP) is 2.91. The molecule has 0 amide bonds. The van der Waals surface area contributed by atoms with Gasteiger partial charge in [-0.15, -0.1) is 10.2 Å². The van der Waals surface area contributed by atoms with E-state index in [1.165, 1.54) is 0 Å². The summed E-state index contributed by atoms with van der Waals surface area (Å²) in [6, 6.07) is 5.61. The largest absolute Gasteiger partial charge is 0.313 e. The monoisotopic (exact) mass is 296 g/mol. The van der Waals surface area contributed by atoms with Crippen molar-refractivity contribution in [3.05, 3.63) is 45.5 Å². The zero-order valence-corrected chi connectivity index (χ0v) is 12.1. The average molecular weight is 297 g/mol. The Morgan fingerprint density at radius 1 is 1.16 bits per heavy atom. The Balaban J connectivity index is 1.79. The van der Waals surface area contributed by atoms with Crippen molar-refractivity contribution in [1.82, 2.24) is 19.7 Å². The summed E-state index contributed by atoms with van der Waals surface area (Å²) in [7, 11) is 0. The molecule has 0 saturated heterocycles. The van der Waals surface area contributed by atoms with Crippen LogP contribution < -0.4 is 0 Å². The lowest BCUT2D eigenvalue weighted by molar-refractivity contribution is 0.208. The minimum atomic E-state index is 0.718. The first kappa shape index (κ1) is 12.9. The minimum absolute atomic E-state index is 0.718. The van der Waals surface area contributed by atoms with Gasteiger partial charge in [0.05, 0.1) is 6.54 Å². The van der Waals surface area contributed by atoms with Gasteiger partial charge in [0.25, 0.3) is 0 Å². The van der Waals surface area contributed by atoms with Crippen molar-refractivity contribution in [2.24, 2.45) is 0 Å². The van der Waals surface area contributed by atoms with Crippen LogP contribution in [0.2, 0.25) is 10.0 Å². The molecule has 0 fully saturated rings. The van der Waals surface area contributed by atoms with E-state index >= 15 is 0 Å². The van der Waals surface area contributed by atoms with E-state index in [-0.39, 0.29) is 0 Å². The molecule has 1 aliphatic heterocycles. The van der Waals surface area contributed by atoms with Crippen LogP contribution in [-0.4, -0.2) is 26.2 Å². The molecule has 0 bridgehead atoms. The van der Waals surface area contributed by atoms with Crippen LogP contribution in [0.1, 0.15) is 17.2 Å². The lowest BCUT2D eigenvalue weighted by atomic mass is 10.2. The summed E-state index contributed by atoms with van der Waals surface area (Å²) in [6.07, 6.45) is 0. The van der Waals surface area contributed by atoms with Crippen LogP contribution >= 0.6 is 23.2 Å². The van der Waals surface area contributed by atoms with Crippen molar-refractivity contribution >= 4 is 23.2 Å². The van der Waals surface area contributed by atoms with Gasteiger partial charge in [-0.3, -0.25) is 4.90 Å². The van der Waals surface area contributed by atoms with E-state index in [0.29, 0.717) is 0 Å². The van der Waals surface area contributed by atoms with E-state index in [1.807, 2.05) is 25.1 Å². The highest BCUT2D eigenvalue weighted by Crippen LogP contribution is 2.26. The van der Waals surface area contributed by atoms with Crippen LogP contribution in [0, 0.1) is 6.92 Å². The molecule has 2 aromatic rings. The molecule has 4 nitrogen and oxygen atoms in total. The number of benzene rings is 1. The molecular formula is C13H14Cl2N4. The molecule has 3 rings (SSSR count). The molecule has 1 aromatic heterocycles. The number of halogens is 2. The van der Waals surface area contributed by atoms with Gasteiger partial charge < -0.3 is 4.57 Å². The Morgan fingerprint density at radius 2 is 1.89 bits per heavy atom. The van der Waals surface area contributed by atoms with E-state index in [2.05, 4.69) is 19.7 Å². The first-order valence-corrected chi connectivity index (χ1v) is 6.94. The number of aromatic nitrogens is 3. The van der Waals surface area contributed by atoms with Crippen LogP contribution in [0.4, 0.5) is 0 Å². The molecule has 2 heterocycles. The van der Waals surface area contributed by atoms with Crippen molar-refractivity contribution < 1.29 is 0 Å². The highest BCUT2D eigenvalue weighted by Gasteiger charge is 2.20. The Bertz CT molecular complexity index is 588. The maximum atomic E-state index is 6.21. The molecule has 0 atom stereocenters. The summed E-state index contributed by atoms with van der Waals surface area (Å²) < 4.78 is 2.16. The third kappa shape index (κ3) is 2.48. The molecule has 19 heavy (non-hydrogen) atoms. The number of aryl methyl sites for hydroxylation is 1. The summed E-state index contributed by atoms with van der Waals surface area (Å²) in [5, 5.41) is 9.74. The fourth-order valence-electron chi connectivity index (χ4n) is 2.40. The highest BCUT2D eigenvalue weighted by molar-refractivity contribution is 6.35. The van der Waals surface area contributed by atoms with Gasteiger partial charge in [0.2, 0.25) is 0 Å². The van der Waals surface area contributed by atoms with Crippen LogP contribution in [0.5, 0.6) is 0 Å². The second kappa shape index (κ2) is 5.12. The lowest BCUT2D eigenvalue weighted by Crippen LogP contribution is -2.33. The molecule has 1 aliphatic rings. The van der Waals surface area contributed by atoms with Crippen molar-refractivity contribution in [1.29, 1.82) is 0 Å². The van der Waals surface area contributed by atoms with Gasteiger partial charge in [-0.2, -0.15) is 0 Å². The normalized spacial score (nSPS) is 15.5. The standard InChI is InChI=1S/C13H14Cl2N4/c1-9-16-17-13-8-18(5-6-19(9)13)7-10-11(14)3-2-4-12(10)15/h2-4H,5-8H2,1H3. The van der Waals surface area contributed by atoms with E-state index < -0.39 is 0 Å². The summed E-state index contributed by atoms with van der Waals surface area (Å²) >= 11 is 12.4. The lowest BCUT2D eigenvalue weighted by Gasteiger charge is -2.28. The van der Waals surface area contributed by atoms with Gasteiger partial charge in [-0.05, 0) is 19.1 Å². The summed E-state index contributed by atoms with van der Waals surface area (Å²) in [5.41, 5.74) is 0.982. The summed E-state index contributed by atoms with van der Waals surface area (Å²) in [6.45, 7) is 5.37. The second-order valence-corrected chi connectivity index (χ2v) is 5.54. The van der Waals surface area contributed by atoms with Gasteiger partial charge >= 0.3 is 0 Å². The number of hydrogen-bond acceptors (Lipinski definition) is 3. The number of fused-ring (bicyclic) bond motifs is 1. The Morgan fingerprint density at radius 3 is 2.63 bits per heavy atom. The third-order valence-corrected chi connectivity index (χ3v) is 4.17. The number of nitrogens with zero attached hydrogens (tertiary/aromatic N) is 4. The van der Waals surface area contributed by atoms with Crippen molar-refractivity contribution in [3.8, 4) is 0 Å². The predicted molar refractivity (Wildman–Crippen MR) is 75.3 cm³/mol. The third-order valence-electron chi connectivity index (χ3n) is 3.46. The van der Waals surface area contributed by atoms with Gasteiger partial charge in [0, 0.05) is 35.2 Å².